The van der Waals surface area contributed by atoms with E-state index in [1.807, 2.05) is 6.08 Å². The number of nitrogens with one attached hydrogen (secondary N) is 1. The molecule has 0 aromatic rings. The number of hydrogen-bond donors (Lipinski definition) is 9. The molecular formula is C65H113NO13. The van der Waals surface area contributed by atoms with Gasteiger partial charge in [0.2, 0.25) is 5.91 Å². The van der Waals surface area contributed by atoms with Crippen LogP contribution in [-0.4, -0.2) is 140 Å². The van der Waals surface area contributed by atoms with Crippen LogP contribution in [0.4, 0.5) is 0 Å². The SMILES string of the molecule is CC/C=C\C/C=C\C/C=C\C/C=C\C/C=C\CCCCCCCCCCCCCCCCCCCC(=O)NC(COC1OC(CO)C(OC2OC(CO)C(O)C(O)C2O)C(O)C1O)C(O)/C=C/CC/C=C/CCCCCCCC. The molecule has 0 bridgehead atoms. The quantitative estimate of drug-likeness (QED) is 0.0204. The third kappa shape index (κ3) is 35.0. The van der Waals surface area contributed by atoms with Crippen molar-refractivity contribution in [2.45, 2.75) is 299 Å². The van der Waals surface area contributed by atoms with Crippen molar-refractivity contribution in [1.82, 2.24) is 5.32 Å². The molecule has 9 N–H and O–H groups in total. The van der Waals surface area contributed by atoms with E-state index < -0.39 is 86.8 Å². The number of carbonyl (C=O) groups excluding carboxylic acids is 1. The van der Waals surface area contributed by atoms with Crippen molar-refractivity contribution in [2.24, 2.45) is 0 Å². The molecule has 2 aliphatic rings. The number of allylic oxidation sites excluding steroid dienone is 13. The fraction of sp³-hybridized carbons (Fsp3) is 0.769. The highest BCUT2D eigenvalue weighted by atomic mass is 16.7. The standard InChI is InChI=1S/C65H113NO13/c1-3-5-7-9-11-13-15-17-18-19-20-21-22-23-24-25-26-27-28-29-30-31-32-33-34-35-36-37-39-41-43-45-47-49-57(70)66-53(54(69)48-46-44-42-40-38-16-14-12-10-8-6-4-2)52-76-64-62(75)60(73)63(56(51-68)78-64)79-65-61(74)59(72)58(71)55(50-67)77-65/h5,7,11,13,17-18,20-21,23-24,38,40,46,48,53-56,58-65,67-69,71-75H,3-4,6,8-10,12,14-16,19,22,25-37,39,41-45,47,49-52H2,1-2H3,(H,66,70)/b7-5-,13-11-,18-17-,21-20-,24-23-,40-38+,48-46+. The molecule has 1 amide bonds. The van der Waals surface area contributed by atoms with Gasteiger partial charge in [-0.25, -0.2) is 0 Å². The van der Waals surface area contributed by atoms with Crippen LogP contribution in [0, 0.1) is 0 Å². The van der Waals surface area contributed by atoms with Crippen LogP contribution in [0.1, 0.15) is 226 Å². The van der Waals surface area contributed by atoms with E-state index in [1.54, 1.807) is 6.08 Å². The van der Waals surface area contributed by atoms with Gasteiger partial charge in [-0.05, 0) is 77.0 Å². The lowest BCUT2D eigenvalue weighted by Gasteiger charge is -2.46. The number of carbonyl (C=O) groups is 1. The number of ether oxygens (including phenoxy) is 4. The Hall–Kier alpha value is -2.83. The number of unbranched alkanes of at least 4 members (excludes halogenated alkanes) is 24. The summed E-state index contributed by atoms with van der Waals surface area (Å²) < 4.78 is 22.7. The molecule has 0 aliphatic carbocycles. The Balaban J connectivity index is 1.64. The molecular weight excluding hydrogens is 1000 g/mol. The van der Waals surface area contributed by atoms with Crippen LogP contribution in [-0.2, 0) is 23.7 Å². The third-order valence-corrected chi connectivity index (χ3v) is 14.8. The monoisotopic (exact) mass is 1120 g/mol. The predicted octanol–water partition coefficient (Wildman–Crippen LogP) is 11.3. The summed E-state index contributed by atoms with van der Waals surface area (Å²) in [5.41, 5.74) is 0. The van der Waals surface area contributed by atoms with Crippen LogP contribution in [0.2, 0.25) is 0 Å². The first-order valence-electron chi connectivity index (χ1n) is 31.3. The van der Waals surface area contributed by atoms with Crippen LogP contribution in [0.5, 0.6) is 0 Å². The van der Waals surface area contributed by atoms with Crippen molar-refractivity contribution in [1.29, 1.82) is 0 Å². The summed E-state index contributed by atoms with van der Waals surface area (Å²) in [5.74, 6) is -0.252. The van der Waals surface area contributed by atoms with Gasteiger partial charge in [-0.1, -0.05) is 227 Å². The first-order valence-corrected chi connectivity index (χ1v) is 31.3. The van der Waals surface area contributed by atoms with E-state index in [0.717, 1.165) is 64.2 Å². The van der Waals surface area contributed by atoms with Gasteiger partial charge in [0.15, 0.2) is 12.6 Å². The van der Waals surface area contributed by atoms with E-state index in [2.05, 4.69) is 92.1 Å². The molecule has 79 heavy (non-hydrogen) atoms. The Morgan fingerprint density at radius 2 is 0.886 bits per heavy atom. The highest BCUT2D eigenvalue weighted by molar-refractivity contribution is 5.76. The number of amides is 1. The summed E-state index contributed by atoms with van der Waals surface area (Å²) in [6, 6.07) is -0.933. The van der Waals surface area contributed by atoms with Crippen molar-refractivity contribution in [2.75, 3.05) is 19.8 Å². The number of aliphatic hydroxyl groups is 8. The molecule has 2 fully saturated rings. The van der Waals surface area contributed by atoms with Crippen molar-refractivity contribution in [3.63, 3.8) is 0 Å². The molecule has 0 spiro atoms. The molecule has 0 aromatic carbocycles. The Morgan fingerprint density at radius 3 is 1.39 bits per heavy atom. The second kappa shape index (κ2) is 49.8. The average molecular weight is 1120 g/mol. The lowest BCUT2D eigenvalue weighted by molar-refractivity contribution is -0.359. The highest BCUT2D eigenvalue weighted by Gasteiger charge is 2.51. The van der Waals surface area contributed by atoms with E-state index in [1.165, 1.54) is 128 Å². The van der Waals surface area contributed by atoms with Crippen molar-refractivity contribution in [3.8, 4) is 0 Å². The second-order valence-electron chi connectivity index (χ2n) is 21.8. The lowest BCUT2D eigenvalue weighted by atomic mass is 9.97. The molecule has 14 heteroatoms. The molecule has 12 unspecified atom stereocenters. The van der Waals surface area contributed by atoms with Gasteiger partial charge in [0.25, 0.3) is 0 Å². The van der Waals surface area contributed by atoms with Gasteiger partial charge in [0.1, 0.15) is 48.8 Å². The van der Waals surface area contributed by atoms with E-state index in [0.29, 0.717) is 12.8 Å². The molecule has 2 heterocycles. The summed E-state index contributed by atoms with van der Waals surface area (Å²) in [5, 5.41) is 87.0. The van der Waals surface area contributed by atoms with Crippen LogP contribution < -0.4 is 5.32 Å². The fourth-order valence-corrected chi connectivity index (χ4v) is 9.80. The van der Waals surface area contributed by atoms with Crippen molar-refractivity contribution in [3.05, 3.63) is 85.1 Å². The van der Waals surface area contributed by atoms with Crippen LogP contribution in [0.3, 0.4) is 0 Å². The largest absolute Gasteiger partial charge is 0.394 e. The zero-order chi connectivity index (χ0) is 57.4. The van der Waals surface area contributed by atoms with E-state index in [9.17, 15) is 45.6 Å². The molecule has 14 nitrogen and oxygen atoms in total. The normalized spacial score (nSPS) is 25.0. The number of aliphatic hydroxyl groups excluding tert-OH is 8. The maximum absolute atomic E-state index is 13.2. The Labute approximate surface area is 478 Å². The summed E-state index contributed by atoms with van der Waals surface area (Å²) in [6.07, 6.45) is 50.8. The van der Waals surface area contributed by atoms with Gasteiger partial charge in [0.05, 0.1) is 32.0 Å². The molecule has 2 aliphatic heterocycles. The Bertz CT molecular complexity index is 1650. The average Bonchev–Trinajstić information content (AvgIpc) is 3.49. The van der Waals surface area contributed by atoms with Crippen LogP contribution in [0.15, 0.2) is 85.1 Å². The van der Waals surface area contributed by atoms with Gasteiger partial charge < -0.3 is 65.1 Å². The molecule has 12 atom stereocenters. The lowest BCUT2D eigenvalue weighted by Crippen LogP contribution is -2.65. The molecule has 456 valence electrons. The van der Waals surface area contributed by atoms with Crippen LogP contribution >= 0.6 is 0 Å². The third-order valence-electron chi connectivity index (χ3n) is 14.8. The first kappa shape index (κ1) is 72.3. The minimum atomic E-state index is -1.79. The van der Waals surface area contributed by atoms with Gasteiger partial charge in [-0.2, -0.15) is 0 Å². The molecule has 2 rings (SSSR count). The van der Waals surface area contributed by atoms with Crippen molar-refractivity contribution < 1.29 is 64.6 Å². The zero-order valence-corrected chi connectivity index (χ0v) is 49.1. The first-order chi connectivity index (χ1) is 38.6. The number of hydrogen-bond acceptors (Lipinski definition) is 13. The summed E-state index contributed by atoms with van der Waals surface area (Å²) in [4.78, 5) is 13.2. The van der Waals surface area contributed by atoms with E-state index in [-0.39, 0.29) is 18.9 Å². The molecule has 0 saturated carbocycles. The summed E-state index contributed by atoms with van der Waals surface area (Å²) in [7, 11) is 0. The molecule has 0 aromatic heterocycles. The maximum atomic E-state index is 13.2. The highest BCUT2D eigenvalue weighted by Crippen LogP contribution is 2.30. The Kier molecular flexibility index (Phi) is 45.5. The number of rotatable bonds is 49. The minimum absolute atomic E-state index is 0.252. The van der Waals surface area contributed by atoms with E-state index >= 15 is 0 Å². The van der Waals surface area contributed by atoms with Gasteiger partial charge in [-0.3, -0.25) is 4.79 Å². The van der Waals surface area contributed by atoms with Gasteiger partial charge in [0, 0.05) is 6.42 Å². The molecule has 0 radical (unpaired) electrons. The van der Waals surface area contributed by atoms with Crippen LogP contribution in [0.25, 0.3) is 0 Å². The summed E-state index contributed by atoms with van der Waals surface area (Å²) in [6.45, 7) is 2.64. The van der Waals surface area contributed by atoms with Crippen molar-refractivity contribution >= 4 is 5.91 Å². The summed E-state index contributed by atoms with van der Waals surface area (Å²) >= 11 is 0. The zero-order valence-electron chi connectivity index (χ0n) is 49.1. The smallest absolute Gasteiger partial charge is 0.220 e. The fourth-order valence-electron chi connectivity index (χ4n) is 9.80. The topological polar surface area (TPSA) is 228 Å². The predicted molar refractivity (Wildman–Crippen MR) is 318 cm³/mol. The second-order valence-corrected chi connectivity index (χ2v) is 21.8. The Morgan fingerprint density at radius 1 is 0.468 bits per heavy atom. The van der Waals surface area contributed by atoms with Gasteiger partial charge in [-0.15, -0.1) is 0 Å². The maximum Gasteiger partial charge on any atom is 0.220 e. The minimum Gasteiger partial charge on any atom is -0.394 e. The van der Waals surface area contributed by atoms with Gasteiger partial charge >= 0.3 is 0 Å². The van der Waals surface area contributed by atoms with E-state index in [4.69, 9.17) is 18.9 Å². The molecule has 2 saturated heterocycles.